The van der Waals surface area contributed by atoms with Crippen LogP contribution in [0, 0.1) is 6.92 Å². The van der Waals surface area contributed by atoms with Crippen molar-refractivity contribution < 1.29 is 9.59 Å². The predicted octanol–water partition coefficient (Wildman–Crippen LogP) is 5.49. The lowest BCUT2D eigenvalue weighted by Gasteiger charge is -2.11. The maximum absolute atomic E-state index is 12.7. The number of aryl methyl sites for hydroxylation is 1. The number of anilines is 1. The average Bonchev–Trinajstić information content (AvgIpc) is 3.32. The van der Waals surface area contributed by atoms with Crippen molar-refractivity contribution in [1.29, 1.82) is 0 Å². The number of nitrogens with zero attached hydrogens (tertiary/aromatic N) is 2. The standard InChI is InChI=1S/C26H23ClN4O2S/c1-18-10-11-23(22(27)14-18)30-24(32)17-34-26-28-12-13-31(26)21-9-5-8-20(15-21)25(33)29-16-19-6-3-2-4-7-19/h2-15H,16-17H2,1H3,(H,29,33)(H,30,32). The number of amides is 2. The third kappa shape index (κ3) is 6.07. The number of hydrogen-bond donors (Lipinski definition) is 2. The highest BCUT2D eigenvalue weighted by atomic mass is 35.5. The van der Waals surface area contributed by atoms with Gasteiger partial charge in [-0.15, -0.1) is 0 Å². The van der Waals surface area contributed by atoms with Crippen molar-refractivity contribution >= 4 is 40.9 Å². The molecule has 0 bridgehead atoms. The number of carbonyl (C=O) groups excluding carboxylic acids is 2. The smallest absolute Gasteiger partial charge is 0.251 e. The lowest BCUT2D eigenvalue weighted by atomic mass is 10.1. The first-order valence-corrected chi connectivity index (χ1v) is 12.0. The van der Waals surface area contributed by atoms with Crippen molar-refractivity contribution in [3.05, 3.63) is 107 Å². The van der Waals surface area contributed by atoms with E-state index in [0.717, 1.165) is 16.8 Å². The number of carbonyl (C=O) groups is 2. The summed E-state index contributed by atoms with van der Waals surface area (Å²) >= 11 is 7.51. The summed E-state index contributed by atoms with van der Waals surface area (Å²) in [4.78, 5) is 29.5. The lowest BCUT2D eigenvalue weighted by Crippen LogP contribution is -2.22. The van der Waals surface area contributed by atoms with Crippen LogP contribution in [0.3, 0.4) is 0 Å². The molecule has 0 fully saturated rings. The van der Waals surface area contributed by atoms with Gasteiger partial charge in [0.15, 0.2) is 5.16 Å². The molecular weight excluding hydrogens is 468 g/mol. The quantitative estimate of drug-likeness (QED) is 0.320. The van der Waals surface area contributed by atoms with E-state index in [1.807, 2.05) is 60.0 Å². The number of benzene rings is 3. The van der Waals surface area contributed by atoms with Gasteiger partial charge in [-0.3, -0.25) is 14.2 Å². The SMILES string of the molecule is Cc1ccc(NC(=O)CSc2nccn2-c2cccc(C(=O)NCc3ccccc3)c2)c(Cl)c1. The molecule has 8 heteroatoms. The molecule has 34 heavy (non-hydrogen) atoms. The molecule has 4 rings (SSSR count). The fraction of sp³-hybridized carbons (Fsp3) is 0.115. The Kier molecular flexibility index (Phi) is 7.67. The molecule has 172 valence electrons. The summed E-state index contributed by atoms with van der Waals surface area (Å²) < 4.78 is 1.85. The first kappa shape index (κ1) is 23.6. The third-order valence-electron chi connectivity index (χ3n) is 5.02. The van der Waals surface area contributed by atoms with E-state index in [4.69, 9.17) is 11.6 Å². The Morgan fingerprint density at radius 3 is 2.65 bits per heavy atom. The molecular formula is C26H23ClN4O2S. The Morgan fingerprint density at radius 1 is 1.03 bits per heavy atom. The van der Waals surface area contributed by atoms with Gasteiger partial charge in [-0.2, -0.15) is 0 Å². The van der Waals surface area contributed by atoms with Gasteiger partial charge in [-0.05, 0) is 48.4 Å². The highest BCUT2D eigenvalue weighted by Gasteiger charge is 2.13. The Balaban J connectivity index is 1.39. The first-order valence-electron chi connectivity index (χ1n) is 10.6. The zero-order valence-electron chi connectivity index (χ0n) is 18.5. The molecule has 1 heterocycles. The molecule has 1 aromatic heterocycles. The second-order valence-corrected chi connectivity index (χ2v) is 8.97. The van der Waals surface area contributed by atoms with Crippen molar-refractivity contribution in [3.8, 4) is 5.69 Å². The molecule has 4 aromatic rings. The maximum atomic E-state index is 12.7. The van der Waals surface area contributed by atoms with Gasteiger partial charge in [-0.1, -0.05) is 65.8 Å². The molecule has 0 aliphatic heterocycles. The fourth-order valence-electron chi connectivity index (χ4n) is 3.31. The predicted molar refractivity (Wildman–Crippen MR) is 137 cm³/mol. The van der Waals surface area contributed by atoms with Gasteiger partial charge >= 0.3 is 0 Å². The van der Waals surface area contributed by atoms with Gasteiger partial charge in [0, 0.05) is 30.2 Å². The molecule has 0 unspecified atom stereocenters. The topological polar surface area (TPSA) is 76.0 Å². The third-order valence-corrected chi connectivity index (χ3v) is 6.30. The monoisotopic (exact) mass is 490 g/mol. The number of halogens is 1. The number of imidazole rings is 1. The van der Waals surface area contributed by atoms with Crippen molar-refractivity contribution in [1.82, 2.24) is 14.9 Å². The summed E-state index contributed by atoms with van der Waals surface area (Å²) in [5.74, 6) is -0.174. The largest absolute Gasteiger partial charge is 0.348 e. The van der Waals surface area contributed by atoms with Crippen molar-refractivity contribution in [2.45, 2.75) is 18.6 Å². The molecule has 0 radical (unpaired) electrons. The van der Waals surface area contributed by atoms with E-state index in [1.165, 1.54) is 11.8 Å². The summed E-state index contributed by atoms with van der Waals surface area (Å²) in [6, 6.07) is 22.5. The molecule has 3 aromatic carbocycles. The molecule has 2 N–H and O–H groups in total. The Hall–Kier alpha value is -3.55. The average molecular weight is 491 g/mol. The van der Waals surface area contributed by atoms with Crippen LogP contribution in [0.15, 0.2) is 90.3 Å². The van der Waals surface area contributed by atoms with E-state index < -0.39 is 0 Å². The normalized spacial score (nSPS) is 10.6. The number of hydrogen-bond acceptors (Lipinski definition) is 4. The number of nitrogens with one attached hydrogen (secondary N) is 2. The Bertz CT molecular complexity index is 1310. The second-order valence-electron chi connectivity index (χ2n) is 7.62. The fourth-order valence-corrected chi connectivity index (χ4v) is 4.36. The Morgan fingerprint density at radius 2 is 1.85 bits per heavy atom. The summed E-state index contributed by atoms with van der Waals surface area (Å²) in [6.07, 6.45) is 3.47. The van der Waals surface area contributed by atoms with E-state index in [1.54, 1.807) is 36.7 Å². The highest BCUT2D eigenvalue weighted by Crippen LogP contribution is 2.24. The van der Waals surface area contributed by atoms with E-state index in [0.29, 0.717) is 28.0 Å². The van der Waals surface area contributed by atoms with Crippen LogP contribution in [0.5, 0.6) is 0 Å². The maximum Gasteiger partial charge on any atom is 0.251 e. The van der Waals surface area contributed by atoms with Crippen molar-refractivity contribution in [2.75, 3.05) is 11.1 Å². The molecule has 0 aliphatic carbocycles. The van der Waals surface area contributed by atoms with Crippen LogP contribution in [-0.4, -0.2) is 27.1 Å². The summed E-state index contributed by atoms with van der Waals surface area (Å²) in [5, 5.41) is 6.92. The van der Waals surface area contributed by atoms with Crippen molar-refractivity contribution in [2.24, 2.45) is 0 Å². The number of aromatic nitrogens is 2. The highest BCUT2D eigenvalue weighted by molar-refractivity contribution is 7.99. The summed E-state index contributed by atoms with van der Waals surface area (Å²) in [5.41, 5.74) is 3.97. The van der Waals surface area contributed by atoms with Crippen LogP contribution in [-0.2, 0) is 11.3 Å². The zero-order valence-corrected chi connectivity index (χ0v) is 20.1. The van der Waals surface area contributed by atoms with E-state index in [-0.39, 0.29) is 17.6 Å². The molecule has 0 atom stereocenters. The molecule has 0 aliphatic rings. The lowest BCUT2D eigenvalue weighted by molar-refractivity contribution is -0.113. The van der Waals surface area contributed by atoms with Crippen LogP contribution < -0.4 is 10.6 Å². The van der Waals surface area contributed by atoms with Crippen LogP contribution in [0.2, 0.25) is 5.02 Å². The van der Waals surface area contributed by atoms with Gasteiger partial charge in [0.1, 0.15) is 0 Å². The van der Waals surface area contributed by atoms with Crippen LogP contribution in [0.25, 0.3) is 5.69 Å². The number of thioether (sulfide) groups is 1. The minimum atomic E-state index is -0.181. The van der Waals surface area contributed by atoms with Gasteiger partial charge in [0.2, 0.25) is 5.91 Å². The summed E-state index contributed by atoms with van der Waals surface area (Å²) in [7, 11) is 0. The molecule has 6 nitrogen and oxygen atoms in total. The minimum absolute atomic E-state index is 0.158. The van der Waals surface area contributed by atoms with E-state index in [9.17, 15) is 9.59 Å². The molecule has 0 saturated heterocycles. The van der Waals surface area contributed by atoms with Gasteiger partial charge in [0.25, 0.3) is 5.91 Å². The van der Waals surface area contributed by atoms with Gasteiger partial charge in [0.05, 0.1) is 16.5 Å². The van der Waals surface area contributed by atoms with Crippen LogP contribution >= 0.6 is 23.4 Å². The van der Waals surface area contributed by atoms with Crippen LogP contribution in [0.4, 0.5) is 5.69 Å². The zero-order chi connectivity index (χ0) is 23.9. The van der Waals surface area contributed by atoms with E-state index in [2.05, 4.69) is 15.6 Å². The minimum Gasteiger partial charge on any atom is -0.348 e. The molecule has 0 spiro atoms. The van der Waals surface area contributed by atoms with Gasteiger partial charge < -0.3 is 10.6 Å². The second kappa shape index (κ2) is 11.0. The van der Waals surface area contributed by atoms with Crippen LogP contribution in [0.1, 0.15) is 21.5 Å². The first-order chi connectivity index (χ1) is 16.5. The van der Waals surface area contributed by atoms with Gasteiger partial charge in [-0.25, -0.2) is 4.98 Å². The Labute approximate surface area is 207 Å². The molecule has 2 amide bonds. The molecule has 0 saturated carbocycles. The summed E-state index contributed by atoms with van der Waals surface area (Å²) in [6.45, 7) is 2.39. The van der Waals surface area contributed by atoms with E-state index >= 15 is 0 Å². The van der Waals surface area contributed by atoms with Crippen molar-refractivity contribution in [3.63, 3.8) is 0 Å². The number of rotatable bonds is 8.